The molecule has 4 rings (SSSR count). The molecule has 4 aromatic rings. The molecule has 11 nitrogen and oxygen atoms in total. The summed E-state index contributed by atoms with van der Waals surface area (Å²) < 4.78 is 0. The molecule has 2 aromatic heterocycles. The van der Waals surface area contributed by atoms with E-state index in [9.17, 15) is 19.2 Å². The molecule has 0 fully saturated rings. The number of urea groups is 1. The molecule has 40 heavy (non-hydrogen) atoms. The minimum Gasteiger partial charge on any atom is -0.480 e. The van der Waals surface area contributed by atoms with E-state index < -0.39 is 24.5 Å². The van der Waals surface area contributed by atoms with Crippen LogP contribution in [0.1, 0.15) is 15.9 Å². The number of rotatable bonds is 9. The number of amides is 3. The lowest BCUT2D eigenvalue weighted by atomic mass is 9.99. The number of aromatic nitrogens is 3. The van der Waals surface area contributed by atoms with Gasteiger partial charge in [0.05, 0.1) is 21.4 Å². The van der Waals surface area contributed by atoms with Gasteiger partial charge in [-0.15, -0.1) is 0 Å². The van der Waals surface area contributed by atoms with Crippen molar-refractivity contribution in [2.45, 2.75) is 6.42 Å². The van der Waals surface area contributed by atoms with E-state index in [-0.39, 0.29) is 34.3 Å². The van der Waals surface area contributed by atoms with Gasteiger partial charge in [-0.05, 0) is 41.8 Å². The number of halogens is 2. The van der Waals surface area contributed by atoms with Crippen molar-refractivity contribution in [1.29, 1.82) is 0 Å². The molecule has 0 saturated heterocycles. The van der Waals surface area contributed by atoms with E-state index in [1.807, 2.05) is 30.3 Å². The normalized spacial score (nSPS) is 10.6. The monoisotopic (exact) mass is 580 g/mol. The number of hydrogen-bond donors (Lipinski definition) is 5. The molecule has 204 valence electrons. The van der Waals surface area contributed by atoms with Crippen LogP contribution in [0.15, 0.2) is 71.8 Å². The molecule has 0 aliphatic heterocycles. The second-order valence-corrected chi connectivity index (χ2v) is 9.27. The number of pyridine rings is 1. The molecule has 0 aliphatic carbocycles. The lowest BCUT2D eigenvalue weighted by Gasteiger charge is -2.10. The van der Waals surface area contributed by atoms with Crippen LogP contribution in [0, 0.1) is 0 Å². The van der Waals surface area contributed by atoms with Crippen LogP contribution in [-0.2, 0) is 11.2 Å². The van der Waals surface area contributed by atoms with E-state index in [0.717, 1.165) is 11.1 Å². The van der Waals surface area contributed by atoms with E-state index in [1.54, 1.807) is 24.3 Å². The summed E-state index contributed by atoms with van der Waals surface area (Å²) in [5.41, 5.74) is 3.31. The third-order valence-corrected chi connectivity index (χ3v) is 6.24. The topological polar surface area (TPSA) is 166 Å². The SMILES string of the molecule is O=C(O)CNC(=O)c1cccc(-c2cccc(-c3cc(CCNC(=O)Nc4c(Cl)cncc4Cl)c(=O)[nH]n3)c2)c1. The quantitative estimate of drug-likeness (QED) is 0.199. The fourth-order valence-electron chi connectivity index (χ4n) is 3.73. The Hall–Kier alpha value is -4.74. The number of aliphatic carboxylic acids is 1. The first-order valence-corrected chi connectivity index (χ1v) is 12.6. The molecule has 5 N–H and O–H groups in total. The average Bonchev–Trinajstić information content (AvgIpc) is 2.95. The van der Waals surface area contributed by atoms with Gasteiger partial charge in [0.2, 0.25) is 0 Å². The third-order valence-electron chi connectivity index (χ3n) is 5.67. The first-order chi connectivity index (χ1) is 19.2. The molecular formula is C27H22Cl2N6O5. The Labute approximate surface area is 237 Å². The van der Waals surface area contributed by atoms with Gasteiger partial charge < -0.3 is 21.1 Å². The number of aromatic amines is 1. The molecule has 0 saturated carbocycles. The highest BCUT2D eigenvalue weighted by Gasteiger charge is 2.12. The maximum Gasteiger partial charge on any atom is 0.322 e. The van der Waals surface area contributed by atoms with E-state index in [4.69, 9.17) is 28.3 Å². The second kappa shape index (κ2) is 12.9. The highest BCUT2D eigenvalue weighted by molar-refractivity contribution is 6.39. The number of nitrogens with zero attached hydrogens (tertiary/aromatic N) is 2. The largest absolute Gasteiger partial charge is 0.480 e. The maximum absolute atomic E-state index is 12.4. The zero-order valence-corrected chi connectivity index (χ0v) is 22.2. The first kappa shape index (κ1) is 28.3. The number of benzene rings is 2. The van der Waals surface area contributed by atoms with E-state index in [0.29, 0.717) is 22.4 Å². The van der Waals surface area contributed by atoms with Gasteiger partial charge in [-0.3, -0.25) is 19.4 Å². The molecule has 0 bridgehead atoms. The summed E-state index contributed by atoms with van der Waals surface area (Å²) in [7, 11) is 0. The number of nitrogens with one attached hydrogen (secondary N) is 4. The lowest BCUT2D eigenvalue weighted by molar-refractivity contribution is -0.135. The molecule has 13 heteroatoms. The van der Waals surface area contributed by atoms with Crippen molar-refractivity contribution < 1.29 is 19.5 Å². The van der Waals surface area contributed by atoms with E-state index in [2.05, 4.69) is 31.1 Å². The Balaban J connectivity index is 1.45. The highest BCUT2D eigenvalue weighted by Crippen LogP contribution is 2.28. The minimum atomic E-state index is -1.14. The van der Waals surface area contributed by atoms with Crippen molar-refractivity contribution in [3.05, 3.63) is 98.5 Å². The van der Waals surface area contributed by atoms with Gasteiger partial charge in [-0.1, -0.05) is 53.5 Å². The molecule has 2 heterocycles. The standard InChI is InChI=1S/C27H22Cl2N6O5/c28-20-12-30-13-21(29)24(20)33-27(40)31-8-7-19-11-22(34-35-26(19)39)17-5-1-3-15(9-17)16-4-2-6-18(10-16)25(38)32-14-23(36)37/h1-6,9-13H,7-8,14H2,(H,32,38)(H,35,39)(H,36,37)(H2,30,31,33,40). The molecule has 0 unspecified atom stereocenters. The molecular weight excluding hydrogens is 559 g/mol. The lowest BCUT2D eigenvalue weighted by Crippen LogP contribution is -2.31. The fraction of sp³-hybridized carbons (Fsp3) is 0.111. The van der Waals surface area contributed by atoms with E-state index in [1.165, 1.54) is 12.4 Å². The number of carbonyl (C=O) groups excluding carboxylic acids is 2. The molecule has 2 aromatic carbocycles. The molecule has 0 atom stereocenters. The van der Waals surface area contributed by atoms with Crippen LogP contribution < -0.4 is 21.5 Å². The minimum absolute atomic E-state index is 0.148. The number of carboxylic acid groups (broad SMARTS) is 1. The third kappa shape index (κ3) is 7.22. The summed E-state index contributed by atoms with van der Waals surface area (Å²) in [4.78, 5) is 51.5. The predicted molar refractivity (Wildman–Crippen MR) is 151 cm³/mol. The van der Waals surface area contributed by atoms with Gasteiger partial charge in [0.15, 0.2) is 0 Å². The van der Waals surface area contributed by atoms with Crippen molar-refractivity contribution in [2.75, 3.05) is 18.4 Å². The Morgan fingerprint density at radius 3 is 2.30 bits per heavy atom. The van der Waals surface area contributed by atoms with Crippen LogP contribution in [0.4, 0.5) is 10.5 Å². The average molecular weight is 581 g/mol. The van der Waals surface area contributed by atoms with Crippen LogP contribution in [0.25, 0.3) is 22.4 Å². The number of carbonyl (C=O) groups is 3. The van der Waals surface area contributed by atoms with Crippen LogP contribution >= 0.6 is 23.2 Å². The van der Waals surface area contributed by atoms with Gasteiger partial charge in [0, 0.05) is 35.6 Å². The number of anilines is 1. The van der Waals surface area contributed by atoms with Gasteiger partial charge in [-0.25, -0.2) is 9.89 Å². The smallest absolute Gasteiger partial charge is 0.322 e. The zero-order chi connectivity index (χ0) is 28.6. The van der Waals surface area contributed by atoms with E-state index >= 15 is 0 Å². The van der Waals surface area contributed by atoms with Gasteiger partial charge >= 0.3 is 12.0 Å². The van der Waals surface area contributed by atoms with Gasteiger partial charge in [0.1, 0.15) is 6.54 Å². The van der Waals surface area contributed by atoms with Gasteiger partial charge in [-0.2, -0.15) is 5.10 Å². The second-order valence-electron chi connectivity index (χ2n) is 8.45. The summed E-state index contributed by atoms with van der Waals surface area (Å²) in [6, 6.07) is 15.2. The van der Waals surface area contributed by atoms with Crippen molar-refractivity contribution in [3.8, 4) is 22.4 Å². The number of hydrogen-bond acceptors (Lipinski definition) is 6. The van der Waals surface area contributed by atoms with Crippen molar-refractivity contribution in [1.82, 2.24) is 25.8 Å². The highest BCUT2D eigenvalue weighted by atomic mass is 35.5. The Morgan fingerprint density at radius 1 is 0.900 bits per heavy atom. The van der Waals surface area contributed by atoms with Crippen molar-refractivity contribution in [2.24, 2.45) is 0 Å². The summed E-state index contributed by atoms with van der Waals surface area (Å²) in [6.07, 6.45) is 2.93. The van der Waals surface area contributed by atoms with Crippen molar-refractivity contribution in [3.63, 3.8) is 0 Å². The van der Waals surface area contributed by atoms with Crippen LogP contribution in [-0.4, -0.2) is 51.3 Å². The summed E-state index contributed by atoms with van der Waals surface area (Å²) in [6.45, 7) is -0.331. The summed E-state index contributed by atoms with van der Waals surface area (Å²) in [5, 5.41) is 23.4. The number of H-pyrrole nitrogens is 1. The van der Waals surface area contributed by atoms with Gasteiger partial charge in [0.25, 0.3) is 11.5 Å². The predicted octanol–water partition coefficient (Wildman–Crippen LogP) is 3.98. The van der Waals surface area contributed by atoms with Crippen LogP contribution in [0.5, 0.6) is 0 Å². The zero-order valence-electron chi connectivity index (χ0n) is 20.7. The van der Waals surface area contributed by atoms with Crippen LogP contribution in [0.2, 0.25) is 10.0 Å². The fourth-order valence-corrected chi connectivity index (χ4v) is 4.19. The molecule has 0 aliphatic rings. The summed E-state index contributed by atoms with van der Waals surface area (Å²) >= 11 is 12.0. The molecule has 0 radical (unpaired) electrons. The molecule has 0 spiro atoms. The Kier molecular flexibility index (Phi) is 9.10. The summed E-state index contributed by atoms with van der Waals surface area (Å²) in [5.74, 6) is -1.63. The Morgan fingerprint density at radius 2 is 1.57 bits per heavy atom. The number of carboxylic acids is 1. The molecule has 3 amide bonds. The van der Waals surface area contributed by atoms with Crippen LogP contribution in [0.3, 0.4) is 0 Å². The first-order valence-electron chi connectivity index (χ1n) is 11.8. The Bertz CT molecular complexity index is 1620. The maximum atomic E-state index is 12.4. The van der Waals surface area contributed by atoms with Crippen molar-refractivity contribution >= 4 is 46.8 Å².